The van der Waals surface area contributed by atoms with Crippen molar-refractivity contribution in [2.75, 3.05) is 17.2 Å². The number of rotatable bonds is 6. The van der Waals surface area contributed by atoms with Crippen molar-refractivity contribution in [3.8, 4) is 17.0 Å². The second kappa shape index (κ2) is 9.11. The van der Waals surface area contributed by atoms with Crippen LogP contribution in [0.5, 0.6) is 5.75 Å². The average Bonchev–Trinajstić information content (AvgIpc) is 2.68. The number of hydrogen-bond acceptors (Lipinski definition) is 5. The molecule has 0 aliphatic carbocycles. The molecular weight excluding hydrogens is 462 g/mol. The quantitative estimate of drug-likeness (QED) is 0.379. The van der Waals surface area contributed by atoms with Crippen LogP contribution < -0.4 is 15.4 Å². The highest BCUT2D eigenvalue weighted by Crippen LogP contribution is 2.35. The molecule has 3 aromatic rings. The summed E-state index contributed by atoms with van der Waals surface area (Å²) in [6, 6.07) is 9.39. The molecule has 3 rings (SSSR count). The van der Waals surface area contributed by atoms with Crippen LogP contribution >= 0.6 is 11.6 Å². The third-order valence-corrected chi connectivity index (χ3v) is 4.30. The van der Waals surface area contributed by atoms with E-state index < -0.39 is 23.9 Å². The summed E-state index contributed by atoms with van der Waals surface area (Å²) in [5.74, 6) is -0.119. The minimum Gasteiger partial charge on any atom is -0.406 e. The zero-order valence-electron chi connectivity index (χ0n) is 16.3. The molecule has 0 atom stereocenters. The predicted octanol–water partition coefficient (Wildman–Crippen LogP) is 6.89. The Morgan fingerprint density at radius 3 is 2.34 bits per heavy atom. The first-order chi connectivity index (χ1) is 14.9. The van der Waals surface area contributed by atoms with Crippen LogP contribution in [0.2, 0.25) is 5.02 Å². The number of aromatic nitrogens is 2. The molecular formula is C20H15ClF6N4O. The lowest BCUT2D eigenvalue weighted by Gasteiger charge is -2.14. The average molecular weight is 477 g/mol. The van der Waals surface area contributed by atoms with Crippen molar-refractivity contribution in [2.45, 2.75) is 19.5 Å². The van der Waals surface area contributed by atoms with Gasteiger partial charge < -0.3 is 15.4 Å². The smallest absolute Gasteiger partial charge is 0.406 e. The highest BCUT2D eigenvalue weighted by Gasteiger charge is 2.32. The third-order valence-electron chi connectivity index (χ3n) is 3.98. The lowest BCUT2D eigenvalue weighted by atomic mass is 10.1. The molecule has 0 radical (unpaired) electrons. The van der Waals surface area contributed by atoms with E-state index in [0.717, 1.165) is 30.3 Å². The van der Waals surface area contributed by atoms with E-state index in [4.69, 9.17) is 11.6 Å². The Morgan fingerprint density at radius 2 is 1.72 bits per heavy atom. The standard InChI is InChI=1S/C20H15ClF6N4O/c1-2-28-18-30-16(11-4-3-5-13(8-11)32-20(25,26)27)10-17(31-18)29-15-7-6-12(9-14(15)21)19(22,23)24/h3-10H,2H2,1H3,(H2,28,29,30,31). The van der Waals surface area contributed by atoms with Gasteiger partial charge in [-0.15, -0.1) is 13.2 Å². The molecule has 5 nitrogen and oxygen atoms in total. The number of ether oxygens (including phenoxy) is 1. The minimum absolute atomic E-state index is 0.151. The second-order valence-corrected chi connectivity index (χ2v) is 6.79. The molecule has 0 amide bonds. The maximum atomic E-state index is 12.9. The van der Waals surface area contributed by atoms with Gasteiger partial charge in [-0.05, 0) is 37.3 Å². The number of anilines is 3. The van der Waals surface area contributed by atoms with Gasteiger partial charge >= 0.3 is 12.5 Å². The fraction of sp³-hybridized carbons (Fsp3) is 0.200. The van der Waals surface area contributed by atoms with Gasteiger partial charge in [0.25, 0.3) is 0 Å². The first-order valence-electron chi connectivity index (χ1n) is 9.07. The first kappa shape index (κ1) is 23.5. The molecule has 0 aliphatic rings. The van der Waals surface area contributed by atoms with Crippen LogP contribution in [0.15, 0.2) is 48.5 Å². The zero-order valence-corrected chi connectivity index (χ0v) is 17.0. The van der Waals surface area contributed by atoms with Crippen molar-refractivity contribution in [1.82, 2.24) is 9.97 Å². The topological polar surface area (TPSA) is 59.1 Å². The number of alkyl halides is 6. The van der Waals surface area contributed by atoms with Crippen molar-refractivity contribution < 1.29 is 31.1 Å². The van der Waals surface area contributed by atoms with E-state index in [9.17, 15) is 26.3 Å². The number of halogens is 7. The van der Waals surface area contributed by atoms with Crippen LogP contribution in [-0.2, 0) is 6.18 Å². The van der Waals surface area contributed by atoms with Crippen LogP contribution in [0.3, 0.4) is 0 Å². The fourth-order valence-electron chi connectivity index (χ4n) is 2.68. The molecule has 32 heavy (non-hydrogen) atoms. The van der Waals surface area contributed by atoms with E-state index in [1.54, 1.807) is 6.92 Å². The van der Waals surface area contributed by atoms with Crippen molar-refractivity contribution in [3.63, 3.8) is 0 Å². The van der Waals surface area contributed by atoms with Crippen LogP contribution in [0, 0.1) is 0 Å². The molecule has 170 valence electrons. The maximum Gasteiger partial charge on any atom is 0.573 e. The third kappa shape index (κ3) is 6.16. The number of nitrogens with one attached hydrogen (secondary N) is 2. The summed E-state index contributed by atoms with van der Waals surface area (Å²) >= 11 is 5.98. The maximum absolute atomic E-state index is 12.9. The second-order valence-electron chi connectivity index (χ2n) is 6.39. The van der Waals surface area contributed by atoms with Gasteiger partial charge in [-0.2, -0.15) is 18.2 Å². The molecule has 0 fully saturated rings. The van der Waals surface area contributed by atoms with Crippen LogP contribution in [-0.4, -0.2) is 22.9 Å². The van der Waals surface area contributed by atoms with Gasteiger partial charge in [0.2, 0.25) is 5.95 Å². The Balaban J connectivity index is 1.96. The normalized spacial score (nSPS) is 11.9. The first-order valence-corrected chi connectivity index (χ1v) is 9.45. The molecule has 0 bridgehead atoms. The van der Waals surface area contributed by atoms with E-state index in [1.165, 1.54) is 18.2 Å². The Morgan fingerprint density at radius 1 is 0.969 bits per heavy atom. The Hall–Kier alpha value is -3.21. The summed E-state index contributed by atoms with van der Waals surface area (Å²) in [6.07, 6.45) is -9.41. The van der Waals surface area contributed by atoms with Gasteiger partial charge in [-0.3, -0.25) is 0 Å². The Bertz CT molecular complexity index is 1100. The molecule has 0 unspecified atom stereocenters. The summed E-state index contributed by atoms with van der Waals surface area (Å²) in [4.78, 5) is 8.47. The van der Waals surface area contributed by atoms with Crippen LogP contribution in [0.4, 0.5) is 43.8 Å². The Labute approximate surface area is 183 Å². The molecule has 1 aromatic heterocycles. The number of benzene rings is 2. The molecule has 0 aliphatic heterocycles. The summed E-state index contributed by atoms with van der Waals surface area (Å²) in [7, 11) is 0. The lowest BCUT2D eigenvalue weighted by molar-refractivity contribution is -0.274. The fourth-order valence-corrected chi connectivity index (χ4v) is 2.91. The van der Waals surface area contributed by atoms with E-state index in [0.29, 0.717) is 12.1 Å². The predicted molar refractivity (Wildman–Crippen MR) is 108 cm³/mol. The van der Waals surface area contributed by atoms with E-state index in [2.05, 4.69) is 25.3 Å². The van der Waals surface area contributed by atoms with Crippen LogP contribution in [0.25, 0.3) is 11.3 Å². The number of hydrogen-bond donors (Lipinski definition) is 2. The molecule has 1 heterocycles. The molecule has 0 saturated carbocycles. The van der Waals surface area contributed by atoms with Gasteiger partial charge in [0.05, 0.1) is 22.0 Å². The van der Waals surface area contributed by atoms with Crippen molar-refractivity contribution in [1.29, 1.82) is 0 Å². The summed E-state index contributed by atoms with van der Waals surface area (Å²) in [6.45, 7) is 2.23. The highest BCUT2D eigenvalue weighted by atomic mass is 35.5. The summed E-state index contributed by atoms with van der Waals surface area (Å²) < 4.78 is 80.1. The van der Waals surface area contributed by atoms with Crippen molar-refractivity contribution in [3.05, 3.63) is 59.1 Å². The largest absolute Gasteiger partial charge is 0.573 e. The summed E-state index contributed by atoms with van der Waals surface area (Å²) in [5.41, 5.74) is -0.212. The van der Waals surface area contributed by atoms with Gasteiger partial charge in [0.15, 0.2) is 0 Å². The molecule has 2 aromatic carbocycles. The Kier molecular flexibility index (Phi) is 6.68. The SMILES string of the molecule is CCNc1nc(Nc2ccc(C(F)(F)F)cc2Cl)cc(-c2cccc(OC(F)(F)F)c2)n1. The molecule has 12 heteroatoms. The van der Waals surface area contributed by atoms with Gasteiger partial charge in [-0.1, -0.05) is 23.7 Å². The molecule has 0 saturated heterocycles. The van der Waals surface area contributed by atoms with Gasteiger partial charge in [0.1, 0.15) is 11.6 Å². The van der Waals surface area contributed by atoms with E-state index in [1.807, 2.05) is 0 Å². The zero-order chi connectivity index (χ0) is 23.5. The van der Waals surface area contributed by atoms with E-state index in [-0.39, 0.29) is 28.2 Å². The molecule has 2 N–H and O–H groups in total. The van der Waals surface area contributed by atoms with Crippen molar-refractivity contribution in [2.24, 2.45) is 0 Å². The van der Waals surface area contributed by atoms with E-state index >= 15 is 0 Å². The monoisotopic (exact) mass is 476 g/mol. The molecule has 0 spiro atoms. The lowest BCUT2D eigenvalue weighted by Crippen LogP contribution is -2.17. The van der Waals surface area contributed by atoms with Gasteiger partial charge in [-0.25, -0.2) is 4.98 Å². The highest BCUT2D eigenvalue weighted by molar-refractivity contribution is 6.33. The summed E-state index contributed by atoms with van der Waals surface area (Å²) in [5, 5.41) is 5.51. The number of nitrogens with zero attached hydrogens (tertiary/aromatic N) is 2. The van der Waals surface area contributed by atoms with Crippen molar-refractivity contribution >= 4 is 29.1 Å². The van der Waals surface area contributed by atoms with Crippen LogP contribution in [0.1, 0.15) is 12.5 Å². The van der Waals surface area contributed by atoms with Gasteiger partial charge in [0, 0.05) is 18.2 Å². The minimum atomic E-state index is -4.86.